The molecule has 9 heteroatoms. The number of rotatable bonds is 10. The number of hydrazone groups is 1. The van der Waals surface area contributed by atoms with Crippen molar-refractivity contribution in [2.24, 2.45) is 5.10 Å². The Balaban J connectivity index is 1.18. The van der Waals surface area contributed by atoms with Crippen LogP contribution in [0.5, 0.6) is 11.5 Å². The molecule has 0 bridgehead atoms. The van der Waals surface area contributed by atoms with E-state index in [-0.39, 0.29) is 5.91 Å². The molecule has 0 fully saturated rings. The van der Waals surface area contributed by atoms with Crippen molar-refractivity contribution in [3.63, 3.8) is 0 Å². The van der Waals surface area contributed by atoms with Crippen molar-refractivity contribution in [1.29, 1.82) is 0 Å². The molecule has 1 aromatic heterocycles. The number of amides is 1. The van der Waals surface area contributed by atoms with Crippen molar-refractivity contribution < 1.29 is 14.3 Å². The van der Waals surface area contributed by atoms with Crippen LogP contribution in [0.15, 0.2) is 101 Å². The molecule has 0 atom stereocenters. The monoisotopic (exact) mass is 674 g/mol. The van der Waals surface area contributed by atoms with E-state index >= 15 is 0 Å². The minimum Gasteiger partial charge on any atom is -0.493 e. The molecule has 0 aliphatic carbocycles. The minimum absolute atomic E-state index is 0.308. The number of aromatic nitrogens is 1. The predicted octanol–water partition coefficient (Wildman–Crippen LogP) is 7.82. The lowest BCUT2D eigenvalue weighted by Gasteiger charge is -2.13. The lowest BCUT2D eigenvalue weighted by molar-refractivity contribution is 0.0955. The number of anilines is 2. The maximum Gasteiger partial charge on any atom is 0.271 e. The third-order valence-electron chi connectivity index (χ3n) is 6.11. The zero-order chi connectivity index (χ0) is 28.6. The normalized spacial score (nSPS) is 10.9. The van der Waals surface area contributed by atoms with Crippen molar-refractivity contribution in [2.75, 3.05) is 12.4 Å². The molecule has 4 aromatic carbocycles. The van der Waals surface area contributed by atoms with Crippen LogP contribution in [-0.4, -0.2) is 24.2 Å². The molecule has 2 N–H and O–H groups in total. The molecule has 0 aliphatic heterocycles. The summed E-state index contributed by atoms with van der Waals surface area (Å²) in [7, 11) is 1.60. The van der Waals surface area contributed by atoms with Crippen molar-refractivity contribution in [2.45, 2.75) is 13.5 Å². The Hall–Kier alpha value is -4.22. The summed E-state index contributed by atoms with van der Waals surface area (Å²) in [4.78, 5) is 17.4. The summed E-state index contributed by atoms with van der Waals surface area (Å²) >= 11 is 3.74. The minimum atomic E-state index is -0.308. The number of benzene rings is 4. The maximum atomic E-state index is 12.7. The van der Waals surface area contributed by atoms with Crippen LogP contribution in [0.25, 0.3) is 11.3 Å². The van der Waals surface area contributed by atoms with E-state index in [4.69, 9.17) is 9.47 Å². The van der Waals surface area contributed by atoms with E-state index in [9.17, 15) is 4.79 Å². The summed E-state index contributed by atoms with van der Waals surface area (Å²) < 4.78 is 12.4. The standard InChI is InChI=1S/C32H27IN4O3S/c1-21-8-14-26(15-9-21)35-32-36-28(20-41-32)24-10-12-25(13-11-24)31(38)37-34-18-23-16-27(33)30(29(17-23)39-2)40-19-22-6-4-3-5-7-22/h3-18,20H,19H2,1-2H3,(H,35,36)(H,37,38)/b34-18-. The van der Waals surface area contributed by atoms with Crippen LogP contribution in [-0.2, 0) is 6.61 Å². The van der Waals surface area contributed by atoms with Gasteiger partial charge in [0.15, 0.2) is 16.6 Å². The average Bonchev–Trinajstić information content (AvgIpc) is 3.46. The van der Waals surface area contributed by atoms with E-state index < -0.39 is 0 Å². The lowest BCUT2D eigenvalue weighted by atomic mass is 10.1. The Morgan fingerprint density at radius 1 is 1.02 bits per heavy atom. The van der Waals surface area contributed by atoms with E-state index in [1.165, 1.54) is 16.9 Å². The van der Waals surface area contributed by atoms with E-state index in [1.807, 2.05) is 72.1 Å². The van der Waals surface area contributed by atoms with Crippen LogP contribution in [0, 0.1) is 10.5 Å². The van der Waals surface area contributed by atoms with Gasteiger partial charge in [-0.25, -0.2) is 10.4 Å². The maximum absolute atomic E-state index is 12.7. The third-order valence-corrected chi connectivity index (χ3v) is 7.67. The number of nitrogens with zero attached hydrogens (tertiary/aromatic N) is 2. The summed E-state index contributed by atoms with van der Waals surface area (Å²) in [6.07, 6.45) is 1.58. The van der Waals surface area contributed by atoms with Crippen LogP contribution in [0.4, 0.5) is 10.8 Å². The molecule has 0 radical (unpaired) electrons. The SMILES string of the molecule is COc1cc(/C=N\NC(=O)c2ccc(-c3csc(Nc4ccc(C)cc4)n3)cc2)cc(I)c1OCc1ccccc1. The molecular formula is C32H27IN4O3S. The van der Waals surface area contributed by atoms with Gasteiger partial charge in [0.05, 0.1) is 22.6 Å². The first kappa shape index (κ1) is 28.3. The third kappa shape index (κ3) is 7.50. The fourth-order valence-electron chi connectivity index (χ4n) is 3.93. The number of thiazole rings is 1. The number of hydrogen-bond acceptors (Lipinski definition) is 7. The van der Waals surface area contributed by atoms with Gasteiger partial charge < -0.3 is 14.8 Å². The molecule has 206 valence electrons. The number of carbonyl (C=O) groups excluding carboxylic acids is 1. The molecule has 1 heterocycles. The molecule has 41 heavy (non-hydrogen) atoms. The molecule has 0 spiro atoms. The molecule has 0 saturated carbocycles. The van der Waals surface area contributed by atoms with Crippen LogP contribution >= 0.6 is 33.9 Å². The fourth-order valence-corrected chi connectivity index (χ4v) is 5.45. The molecule has 7 nitrogen and oxygen atoms in total. The van der Waals surface area contributed by atoms with Crippen LogP contribution in [0.2, 0.25) is 0 Å². The summed E-state index contributed by atoms with van der Waals surface area (Å²) in [5.41, 5.74) is 8.89. The average molecular weight is 675 g/mol. The van der Waals surface area contributed by atoms with Crippen LogP contribution < -0.4 is 20.2 Å². The van der Waals surface area contributed by atoms with Gasteiger partial charge in [-0.15, -0.1) is 11.3 Å². The van der Waals surface area contributed by atoms with Gasteiger partial charge in [0, 0.05) is 22.2 Å². The highest BCUT2D eigenvalue weighted by Gasteiger charge is 2.12. The first-order valence-electron chi connectivity index (χ1n) is 12.8. The van der Waals surface area contributed by atoms with Crippen molar-refractivity contribution in [3.8, 4) is 22.8 Å². The van der Waals surface area contributed by atoms with Gasteiger partial charge in [0.25, 0.3) is 5.91 Å². The number of carbonyl (C=O) groups is 1. The number of methoxy groups -OCH3 is 1. The Morgan fingerprint density at radius 2 is 1.78 bits per heavy atom. The highest BCUT2D eigenvalue weighted by molar-refractivity contribution is 14.1. The first-order chi connectivity index (χ1) is 20.0. The zero-order valence-electron chi connectivity index (χ0n) is 22.4. The van der Waals surface area contributed by atoms with Gasteiger partial charge >= 0.3 is 0 Å². The second kappa shape index (κ2) is 13.4. The van der Waals surface area contributed by atoms with Crippen molar-refractivity contribution in [1.82, 2.24) is 10.4 Å². The van der Waals surface area contributed by atoms with E-state index in [1.54, 1.807) is 25.5 Å². The topological polar surface area (TPSA) is 84.8 Å². The van der Waals surface area contributed by atoms with Crippen LogP contribution in [0.1, 0.15) is 27.0 Å². The molecule has 0 unspecified atom stereocenters. The molecular weight excluding hydrogens is 647 g/mol. The van der Waals surface area contributed by atoms with Gasteiger partial charge in [-0.05, 0) is 77.0 Å². The van der Waals surface area contributed by atoms with Gasteiger partial charge in [0.1, 0.15) is 6.61 Å². The Labute approximate surface area is 256 Å². The van der Waals surface area contributed by atoms with Crippen LogP contribution in [0.3, 0.4) is 0 Å². The Morgan fingerprint density at radius 3 is 2.51 bits per heavy atom. The Kier molecular flexibility index (Phi) is 9.27. The summed E-state index contributed by atoms with van der Waals surface area (Å²) in [6, 6.07) is 29.1. The van der Waals surface area contributed by atoms with E-state index in [0.717, 1.165) is 36.8 Å². The van der Waals surface area contributed by atoms with E-state index in [2.05, 4.69) is 62.5 Å². The molecule has 5 aromatic rings. The highest BCUT2D eigenvalue weighted by atomic mass is 127. The largest absolute Gasteiger partial charge is 0.493 e. The predicted molar refractivity (Wildman–Crippen MR) is 174 cm³/mol. The quantitative estimate of drug-likeness (QED) is 0.0897. The summed E-state index contributed by atoms with van der Waals surface area (Å²) in [6.45, 7) is 2.49. The molecule has 1 amide bonds. The number of aryl methyl sites for hydroxylation is 1. The smallest absolute Gasteiger partial charge is 0.271 e. The van der Waals surface area contributed by atoms with Crippen molar-refractivity contribution >= 4 is 56.9 Å². The number of halogens is 1. The van der Waals surface area contributed by atoms with Gasteiger partial charge in [0.2, 0.25) is 0 Å². The molecule has 0 aliphatic rings. The number of ether oxygens (including phenoxy) is 2. The number of nitrogens with one attached hydrogen (secondary N) is 2. The molecule has 0 saturated heterocycles. The van der Waals surface area contributed by atoms with Gasteiger partial charge in [-0.3, -0.25) is 4.79 Å². The van der Waals surface area contributed by atoms with E-state index in [0.29, 0.717) is 23.7 Å². The summed E-state index contributed by atoms with van der Waals surface area (Å²) in [5, 5.41) is 10.3. The van der Waals surface area contributed by atoms with Gasteiger partial charge in [-0.1, -0.05) is 60.2 Å². The Bertz CT molecular complexity index is 1650. The highest BCUT2D eigenvalue weighted by Crippen LogP contribution is 2.34. The zero-order valence-corrected chi connectivity index (χ0v) is 25.4. The second-order valence-electron chi connectivity index (χ2n) is 9.11. The van der Waals surface area contributed by atoms with Gasteiger partial charge in [-0.2, -0.15) is 5.10 Å². The lowest BCUT2D eigenvalue weighted by Crippen LogP contribution is -2.17. The first-order valence-corrected chi connectivity index (χ1v) is 14.7. The number of hydrogen-bond donors (Lipinski definition) is 2. The summed E-state index contributed by atoms with van der Waals surface area (Å²) in [5.74, 6) is 0.948. The second-order valence-corrected chi connectivity index (χ2v) is 11.1. The van der Waals surface area contributed by atoms with Crippen molar-refractivity contribution in [3.05, 3.63) is 122 Å². The fraction of sp³-hybridized carbons (Fsp3) is 0.0938. The molecule has 5 rings (SSSR count).